The third kappa shape index (κ3) is 3.54. The van der Waals surface area contributed by atoms with E-state index in [0.29, 0.717) is 22.8 Å². The minimum Gasteiger partial charge on any atom is -0.379 e. The van der Waals surface area contributed by atoms with Gasteiger partial charge in [0.2, 0.25) is 15.8 Å². The highest BCUT2D eigenvalue weighted by molar-refractivity contribution is 7.89. The van der Waals surface area contributed by atoms with Gasteiger partial charge in [-0.1, -0.05) is 6.07 Å². The Bertz CT molecular complexity index is 1120. The van der Waals surface area contributed by atoms with Crippen LogP contribution >= 0.6 is 0 Å². The zero-order valence-electron chi connectivity index (χ0n) is 15.7. The van der Waals surface area contributed by atoms with Crippen LogP contribution in [0, 0.1) is 20.8 Å². The zero-order valence-corrected chi connectivity index (χ0v) is 16.5. The van der Waals surface area contributed by atoms with Gasteiger partial charge >= 0.3 is 0 Å². The smallest absolute Gasteiger partial charge is 0.241 e. The van der Waals surface area contributed by atoms with Crippen LogP contribution in [0.2, 0.25) is 0 Å². The van der Waals surface area contributed by atoms with Gasteiger partial charge in [-0.15, -0.1) is 0 Å². The molecule has 27 heavy (non-hydrogen) atoms. The molecule has 0 unspecified atom stereocenters. The molecule has 1 fully saturated rings. The largest absolute Gasteiger partial charge is 0.379 e. The first-order valence-electron chi connectivity index (χ1n) is 9.01. The topological polar surface area (TPSA) is 88.4 Å². The van der Waals surface area contributed by atoms with Crippen LogP contribution in [0.25, 0.3) is 5.78 Å². The van der Waals surface area contributed by atoms with Crippen LogP contribution in [0.4, 0.5) is 5.69 Å². The molecule has 0 amide bonds. The standard InChI is InChI=1S/C19H23N5O2S/c1-12-9-13(2)24-16(11-21-19(24)22-12)10-20-17-5-4-6-18(14(17)3)27(25,26)23-15-7-8-15/h4-6,9,11,15,20,23H,7-8,10H2,1-3H3. The van der Waals surface area contributed by atoms with Crippen LogP contribution < -0.4 is 10.0 Å². The molecule has 3 aromatic rings. The molecule has 8 heteroatoms. The Labute approximate surface area is 158 Å². The molecule has 0 atom stereocenters. The first-order chi connectivity index (χ1) is 12.8. The van der Waals surface area contributed by atoms with Gasteiger partial charge < -0.3 is 5.32 Å². The van der Waals surface area contributed by atoms with Crippen LogP contribution in [0.15, 0.2) is 35.4 Å². The number of nitrogens with one attached hydrogen (secondary N) is 2. The maximum absolute atomic E-state index is 12.6. The number of imidazole rings is 1. The molecule has 2 heterocycles. The van der Waals surface area contributed by atoms with Gasteiger partial charge in [-0.2, -0.15) is 0 Å². The Balaban J connectivity index is 1.60. The normalized spacial score (nSPS) is 14.6. The second-order valence-corrected chi connectivity index (χ2v) is 8.78. The Morgan fingerprint density at radius 3 is 2.74 bits per heavy atom. The third-order valence-corrected chi connectivity index (χ3v) is 6.46. The average Bonchev–Trinajstić information content (AvgIpc) is 3.30. The molecule has 1 aliphatic carbocycles. The quantitative estimate of drug-likeness (QED) is 0.681. The molecule has 2 N–H and O–H groups in total. The Kier molecular flexibility index (Phi) is 4.39. The van der Waals surface area contributed by atoms with Crippen molar-refractivity contribution in [2.45, 2.75) is 51.1 Å². The van der Waals surface area contributed by atoms with Crippen LogP contribution in [0.1, 0.15) is 35.5 Å². The van der Waals surface area contributed by atoms with Crippen molar-refractivity contribution in [3.05, 3.63) is 53.1 Å². The SMILES string of the molecule is Cc1cc(C)n2c(CNc3cccc(S(=O)(=O)NC4CC4)c3C)cnc2n1. The van der Waals surface area contributed by atoms with Gasteiger partial charge in [0.25, 0.3) is 0 Å². The molecule has 1 saturated carbocycles. The highest BCUT2D eigenvalue weighted by Gasteiger charge is 2.29. The summed E-state index contributed by atoms with van der Waals surface area (Å²) in [4.78, 5) is 9.15. The predicted octanol–water partition coefficient (Wildman–Crippen LogP) is 2.71. The van der Waals surface area contributed by atoms with Crippen molar-refractivity contribution in [1.29, 1.82) is 0 Å². The lowest BCUT2D eigenvalue weighted by Crippen LogP contribution is -2.26. The average molecular weight is 385 g/mol. The molecule has 7 nitrogen and oxygen atoms in total. The van der Waals surface area contributed by atoms with Gasteiger partial charge in [-0.05, 0) is 57.4 Å². The molecule has 0 spiro atoms. The van der Waals surface area contributed by atoms with Gasteiger partial charge in [0.05, 0.1) is 23.3 Å². The number of benzene rings is 1. The molecule has 142 valence electrons. The lowest BCUT2D eigenvalue weighted by atomic mass is 10.2. The van der Waals surface area contributed by atoms with Crippen molar-refractivity contribution in [1.82, 2.24) is 19.1 Å². The first kappa shape index (κ1) is 17.9. The van der Waals surface area contributed by atoms with E-state index in [2.05, 4.69) is 20.0 Å². The second-order valence-electron chi connectivity index (χ2n) is 7.10. The number of aromatic nitrogens is 3. The number of sulfonamides is 1. The van der Waals surface area contributed by atoms with E-state index in [9.17, 15) is 8.42 Å². The Morgan fingerprint density at radius 1 is 1.22 bits per heavy atom. The summed E-state index contributed by atoms with van der Waals surface area (Å²) >= 11 is 0. The minimum atomic E-state index is -3.49. The van der Waals surface area contributed by atoms with E-state index < -0.39 is 10.0 Å². The number of rotatable bonds is 6. The van der Waals surface area contributed by atoms with Gasteiger partial charge in [0, 0.05) is 23.1 Å². The van der Waals surface area contributed by atoms with Crippen molar-refractivity contribution in [3.8, 4) is 0 Å². The summed E-state index contributed by atoms with van der Waals surface area (Å²) in [6.07, 6.45) is 3.63. The van der Waals surface area contributed by atoms with E-state index in [-0.39, 0.29) is 6.04 Å². The number of anilines is 1. The van der Waals surface area contributed by atoms with Crippen molar-refractivity contribution in [2.24, 2.45) is 0 Å². The van der Waals surface area contributed by atoms with Crippen molar-refractivity contribution >= 4 is 21.5 Å². The fourth-order valence-corrected chi connectivity index (χ4v) is 4.86. The lowest BCUT2D eigenvalue weighted by molar-refractivity contribution is 0.580. The fourth-order valence-electron chi connectivity index (χ4n) is 3.29. The molecule has 1 aromatic carbocycles. The molecular formula is C19H23N5O2S. The molecule has 0 saturated heterocycles. The van der Waals surface area contributed by atoms with E-state index in [4.69, 9.17) is 0 Å². The van der Waals surface area contributed by atoms with E-state index in [1.807, 2.05) is 37.3 Å². The number of hydrogen-bond donors (Lipinski definition) is 2. The summed E-state index contributed by atoms with van der Waals surface area (Å²) in [5, 5.41) is 3.35. The van der Waals surface area contributed by atoms with Crippen LogP contribution in [0.5, 0.6) is 0 Å². The number of aryl methyl sites for hydroxylation is 2. The van der Waals surface area contributed by atoms with Crippen molar-refractivity contribution in [3.63, 3.8) is 0 Å². The predicted molar refractivity (Wildman–Crippen MR) is 104 cm³/mol. The molecule has 0 bridgehead atoms. The van der Waals surface area contributed by atoms with Crippen molar-refractivity contribution < 1.29 is 8.42 Å². The Morgan fingerprint density at radius 2 is 2.00 bits per heavy atom. The van der Waals surface area contributed by atoms with Crippen molar-refractivity contribution in [2.75, 3.05) is 5.32 Å². The molecule has 4 rings (SSSR count). The fraction of sp³-hybridized carbons (Fsp3) is 0.368. The van der Waals surface area contributed by atoms with Gasteiger partial charge in [0.15, 0.2) is 0 Å². The minimum absolute atomic E-state index is 0.0862. The van der Waals surface area contributed by atoms with E-state index in [1.54, 1.807) is 18.3 Å². The maximum atomic E-state index is 12.6. The highest BCUT2D eigenvalue weighted by Crippen LogP contribution is 2.27. The molecule has 2 aromatic heterocycles. The third-order valence-electron chi connectivity index (χ3n) is 4.80. The van der Waals surface area contributed by atoms with E-state index in [0.717, 1.165) is 35.6 Å². The first-order valence-corrected chi connectivity index (χ1v) is 10.5. The summed E-state index contributed by atoms with van der Waals surface area (Å²) in [7, 11) is -3.49. The monoisotopic (exact) mass is 385 g/mol. The summed E-state index contributed by atoms with van der Waals surface area (Å²) in [6, 6.07) is 7.41. The van der Waals surface area contributed by atoms with Gasteiger partial charge in [-0.3, -0.25) is 4.40 Å². The molecular weight excluding hydrogens is 362 g/mol. The van der Waals surface area contributed by atoms with Gasteiger partial charge in [0.1, 0.15) is 0 Å². The highest BCUT2D eigenvalue weighted by atomic mass is 32.2. The van der Waals surface area contributed by atoms with Gasteiger partial charge in [-0.25, -0.2) is 23.1 Å². The number of fused-ring (bicyclic) bond motifs is 1. The number of hydrogen-bond acceptors (Lipinski definition) is 5. The lowest BCUT2D eigenvalue weighted by Gasteiger charge is -2.14. The molecule has 1 aliphatic rings. The summed E-state index contributed by atoms with van der Waals surface area (Å²) in [6.45, 7) is 6.32. The zero-order chi connectivity index (χ0) is 19.2. The summed E-state index contributed by atoms with van der Waals surface area (Å²) in [5.74, 6) is 0.672. The van der Waals surface area contributed by atoms with Crippen LogP contribution in [-0.2, 0) is 16.6 Å². The Hall–Kier alpha value is -2.45. The molecule has 0 aliphatic heterocycles. The van der Waals surface area contributed by atoms with E-state index >= 15 is 0 Å². The molecule has 0 radical (unpaired) electrons. The maximum Gasteiger partial charge on any atom is 0.241 e. The van der Waals surface area contributed by atoms with Crippen LogP contribution in [0.3, 0.4) is 0 Å². The summed E-state index contributed by atoms with van der Waals surface area (Å²) in [5.41, 5.74) is 4.47. The summed E-state index contributed by atoms with van der Waals surface area (Å²) < 4.78 is 29.9. The number of nitrogens with zero attached hydrogens (tertiary/aromatic N) is 3. The second kappa shape index (κ2) is 6.61. The van der Waals surface area contributed by atoms with E-state index in [1.165, 1.54) is 0 Å². The van der Waals surface area contributed by atoms with Crippen LogP contribution in [-0.4, -0.2) is 28.8 Å².